The molecule has 2 N–H and O–H groups in total. The quantitative estimate of drug-likeness (QED) is 0.659. The van der Waals surface area contributed by atoms with Crippen LogP contribution in [0.4, 0.5) is 0 Å². The van der Waals surface area contributed by atoms with Gasteiger partial charge in [-0.25, -0.2) is 9.50 Å². The Morgan fingerprint density at radius 1 is 1.07 bits per heavy atom. The van der Waals surface area contributed by atoms with Gasteiger partial charge in [-0.05, 0) is 74.1 Å². The van der Waals surface area contributed by atoms with E-state index >= 15 is 0 Å². The van der Waals surface area contributed by atoms with Crippen LogP contribution in [0.3, 0.4) is 0 Å². The van der Waals surface area contributed by atoms with Gasteiger partial charge >= 0.3 is 0 Å². The van der Waals surface area contributed by atoms with E-state index in [0.29, 0.717) is 22.4 Å². The van der Waals surface area contributed by atoms with E-state index in [9.17, 15) is 4.79 Å². The first-order valence-corrected chi connectivity index (χ1v) is 10.8. The molecule has 2 aromatic heterocycles. The van der Waals surface area contributed by atoms with Crippen molar-refractivity contribution in [1.82, 2.24) is 19.6 Å². The van der Waals surface area contributed by atoms with Gasteiger partial charge in [-0.3, -0.25) is 9.89 Å². The zero-order valence-electron chi connectivity index (χ0n) is 15.8. The van der Waals surface area contributed by atoms with Crippen LogP contribution in [-0.4, -0.2) is 19.6 Å². The maximum absolute atomic E-state index is 12.7. The number of hydrogen-bond acceptors (Lipinski definition) is 3. The highest BCUT2D eigenvalue weighted by molar-refractivity contribution is 7.71. The van der Waals surface area contributed by atoms with E-state index in [1.165, 1.54) is 38.5 Å². The molecule has 4 saturated carbocycles. The molecule has 4 aliphatic carbocycles. The van der Waals surface area contributed by atoms with Crippen molar-refractivity contribution in [2.24, 2.45) is 17.8 Å². The molecule has 0 radical (unpaired) electrons. The Morgan fingerprint density at radius 2 is 1.71 bits per heavy atom. The average molecular weight is 393 g/mol. The Labute approximate surface area is 168 Å². The third-order valence-corrected chi connectivity index (χ3v) is 7.66. The second-order valence-corrected chi connectivity index (χ2v) is 9.72. The summed E-state index contributed by atoms with van der Waals surface area (Å²) < 4.78 is 2.20. The maximum atomic E-state index is 12.7. The molecule has 4 bridgehead atoms. The van der Waals surface area contributed by atoms with Crippen LogP contribution < -0.4 is 5.56 Å². The van der Waals surface area contributed by atoms with E-state index in [-0.39, 0.29) is 11.0 Å². The van der Waals surface area contributed by atoms with Crippen LogP contribution in [0.1, 0.15) is 55.5 Å². The van der Waals surface area contributed by atoms with E-state index in [0.717, 1.165) is 29.1 Å². The molecule has 6 heteroatoms. The second-order valence-electron chi connectivity index (χ2n) is 9.33. The average Bonchev–Trinajstić information content (AvgIpc) is 2.98. The number of hydrogen-bond donors (Lipinski definition) is 2. The van der Waals surface area contributed by atoms with Crippen LogP contribution in [0.5, 0.6) is 0 Å². The zero-order valence-corrected chi connectivity index (χ0v) is 16.6. The van der Waals surface area contributed by atoms with Gasteiger partial charge in [0, 0.05) is 11.8 Å². The van der Waals surface area contributed by atoms with Gasteiger partial charge in [-0.1, -0.05) is 30.3 Å². The Balaban J connectivity index is 1.49. The number of benzene rings is 1. The normalized spacial score (nSPS) is 30.9. The van der Waals surface area contributed by atoms with Gasteiger partial charge in [-0.15, -0.1) is 0 Å². The van der Waals surface area contributed by atoms with Crippen LogP contribution in [0, 0.1) is 22.5 Å². The third kappa shape index (κ3) is 2.47. The lowest BCUT2D eigenvalue weighted by Crippen LogP contribution is -2.49. The summed E-state index contributed by atoms with van der Waals surface area (Å²) in [6.07, 6.45) is 8.41. The number of H-pyrrole nitrogens is 2. The number of aromatic nitrogens is 4. The van der Waals surface area contributed by atoms with Crippen molar-refractivity contribution in [2.75, 3.05) is 0 Å². The number of rotatable bonds is 3. The molecule has 2 heterocycles. The molecule has 0 amide bonds. The largest absolute Gasteiger partial charge is 0.319 e. The second kappa shape index (κ2) is 5.89. The van der Waals surface area contributed by atoms with Gasteiger partial charge < -0.3 is 4.98 Å². The van der Waals surface area contributed by atoms with Crippen LogP contribution >= 0.6 is 12.2 Å². The van der Waals surface area contributed by atoms with Gasteiger partial charge in [0.2, 0.25) is 0 Å². The van der Waals surface area contributed by atoms with Gasteiger partial charge in [0.15, 0.2) is 10.4 Å². The fourth-order valence-electron chi connectivity index (χ4n) is 6.63. The molecule has 7 rings (SSSR count). The van der Waals surface area contributed by atoms with Crippen molar-refractivity contribution in [3.63, 3.8) is 0 Å². The minimum absolute atomic E-state index is 0.0986. The first-order valence-electron chi connectivity index (χ1n) is 10.4. The summed E-state index contributed by atoms with van der Waals surface area (Å²) in [5.74, 6) is 3.53. The van der Waals surface area contributed by atoms with Crippen molar-refractivity contribution in [3.05, 3.63) is 62.4 Å². The predicted octanol–water partition coefficient (Wildman–Crippen LogP) is 4.14. The highest BCUT2D eigenvalue weighted by atomic mass is 32.1. The van der Waals surface area contributed by atoms with Gasteiger partial charge in [0.05, 0.1) is 5.56 Å². The van der Waals surface area contributed by atoms with Crippen LogP contribution in [0.25, 0.3) is 5.65 Å². The lowest BCUT2D eigenvalue weighted by Gasteiger charge is -2.56. The molecule has 0 aliphatic heterocycles. The number of nitrogens with zero attached hydrogens (tertiary/aromatic N) is 2. The molecule has 0 unspecified atom stereocenters. The van der Waals surface area contributed by atoms with E-state index in [1.807, 2.05) is 30.3 Å². The topological polar surface area (TPSA) is 65.9 Å². The first-order chi connectivity index (χ1) is 13.6. The van der Waals surface area contributed by atoms with Crippen LogP contribution in [0.2, 0.25) is 0 Å². The van der Waals surface area contributed by atoms with E-state index in [4.69, 9.17) is 17.2 Å². The van der Waals surface area contributed by atoms with Crippen molar-refractivity contribution in [2.45, 2.75) is 50.4 Å². The molecular formula is C22H24N4OS. The summed E-state index contributed by atoms with van der Waals surface area (Å²) in [6, 6.07) is 10.1. The highest BCUT2D eigenvalue weighted by Crippen LogP contribution is 2.60. The summed E-state index contributed by atoms with van der Waals surface area (Å²) in [5.41, 5.74) is 2.54. The fraction of sp³-hybridized carbons (Fsp3) is 0.500. The Bertz CT molecular complexity index is 1140. The Hall–Kier alpha value is -2.21. The summed E-state index contributed by atoms with van der Waals surface area (Å²) in [7, 11) is 0. The number of fused-ring (bicyclic) bond motifs is 1. The molecule has 4 aliphatic rings. The SMILES string of the molecule is O=c1[nH]n2c(=S)[nH]c(C34CC5CC(CC(C5)C3)C4)nc2c1Cc1ccccc1. The monoisotopic (exact) mass is 392 g/mol. The minimum atomic E-state index is -0.0986. The molecule has 1 aromatic carbocycles. The molecule has 28 heavy (non-hydrogen) atoms. The van der Waals surface area contributed by atoms with Gasteiger partial charge in [0.25, 0.3) is 5.56 Å². The molecule has 144 valence electrons. The minimum Gasteiger partial charge on any atom is -0.319 e. The molecule has 3 aromatic rings. The third-order valence-electron chi connectivity index (χ3n) is 7.38. The summed E-state index contributed by atoms with van der Waals surface area (Å²) in [5, 5.41) is 2.88. The molecule has 4 fully saturated rings. The van der Waals surface area contributed by atoms with Crippen molar-refractivity contribution in [3.8, 4) is 0 Å². The van der Waals surface area contributed by atoms with Gasteiger partial charge in [-0.2, -0.15) is 0 Å². The van der Waals surface area contributed by atoms with Crippen LogP contribution in [-0.2, 0) is 11.8 Å². The smallest absolute Gasteiger partial charge is 0.270 e. The van der Waals surface area contributed by atoms with E-state index in [1.54, 1.807) is 4.52 Å². The molecule has 0 spiro atoms. The predicted molar refractivity (Wildman–Crippen MR) is 110 cm³/mol. The maximum Gasteiger partial charge on any atom is 0.270 e. The Kier molecular flexibility index (Phi) is 3.52. The van der Waals surface area contributed by atoms with E-state index in [2.05, 4.69) is 10.1 Å². The van der Waals surface area contributed by atoms with E-state index < -0.39 is 0 Å². The molecule has 0 atom stereocenters. The lowest BCUT2D eigenvalue weighted by molar-refractivity contribution is -0.00944. The Morgan fingerprint density at radius 3 is 2.36 bits per heavy atom. The first kappa shape index (κ1) is 16.7. The highest BCUT2D eigenvalue weighted by Gasteiger charge is 2.53. The number of aromatic amines is 2. The summed E-state index contributed by atoms with van der Waals surface area (Å²) in [4.78, 5) is 21.1. The lowest BCUT2D eigenvalue weighted by atomic mass is 9.49. The molecular weight excluding hydrogens is 368 g/mol. The standard InChI is InChI=1S/C22H24N4OS/c27-19-17(9-13-4-2-1-3-5-13)18-23-20(24-21(28)26(18)25-19)22-10-14-6-15(11-22)8-16(7-14)12-22/h1-5,14-16H,6-12H2,(H,25,27)(H,23,24,28). The molecule has 0 saturated heterocycles. The fourth-order valence-corrected chi connectivity index (χ4v) is 6.85. The van der Waals surface area contributed by atoms with Crippen molar-refractivity contribution < 1.29 is 0 Å². The summed E-state index contributed by atoms with van der Waals surface area (Å²) >= 11 is 5.63. The zero-order chi connectivity index (χ0) is 18.9. The molecule has 5 nitrogen and oxygen atoms in total. The van der Waals surface area contributed by atoms with Gasteiger partial charge in [0.1, 0.15) is 5.82 Å². The van der Waals surface area contributed by atoms with Crippen molar-refractivity contribution >= 4 is 17.9 Å². The summed E-state index contributed by atoms with van der Waals surface area (Å²) in [6.45, 7) is 0. The van der Waals surface area contributed by atoms with Crippen molar-refractivity contribution in [1.29, 1.82) is 0 Å². The number of nitrogens with one attached hydrogen (secondary N) is 2. The van der Waals surface area contributed by atoms with Crippen LogP contribution in [0.15, 0.2) is 35.1 Å².